The molecule has 0 saturated carbocycles. The number of carbonyl (C=O) groups is 1. The second-order valence-electron chi connectivity index (χ2n) is 3.33. The van der Waals surface area contributed by atoms with Crippen LogP contribution in [-0.4, -0.2) is 19.1 Å². The minimum atomic E-state index is -0.186. The Hall–Kier alpha value is -1.06. The molecule has 0 aliphatic heterocycles. The highest BCUT2D eigenvalue weighted by Crippen LogP contribution is 2.20. The van der Waals surface area contributed by atoms with Gasteiger partial charge in [0.1, 0.15) is 6.61 Å². The fourth-order valence-corrected chi connectivity index (χ4v) is 1.48. The summed E-state index contributed by atoms with van der Waals surface area (Å²) in [5, 5.41) is 0. The molecule has 3 nitrogen and oxygen atoms in total. The number of nitrogens with two attached hydrogens (primary N) is 1. The SMILES string of the molecule is CCC(C(=O)OCCN)c1ccccc1.Cl. The summed E-state index contributed by atoms with van der Waals surface area (Å²) in [4.78, 5) is 11.7. The average Bonchev–Trinajstić information content (AvgIpc) is 2.29. The molecule has 1 rings (SSSR count). The fraction of sp³-hybridized carbons (Fsp3) is 0.417. The number of carbonyl (C=O) groups excluding carboxylic acids is 1. The van der Waals surface area contributed by atoms with Crippen LogP contribution in [-0.2, 0) is 9.53 Å². The second kappa shape index (κ2) is 8.13. The van der Waals surface area contributed by atoms with Gasteiger partial charge in [-0.1, -0.05) is 37.3 Å². The zero-order chi connectivity index (χ0) is 11.1. The Morgan fingerprint density at radius 3 is 2.50 bits per heavy atom. The van der Waals surface area contributed by atoms with Gasteiger partial charge in [-0.15, -0.1) is 12.4 Å². The molecule has 0 radical (unpaired) electrons. The first-order valence-corrected chi connectivity index (χ1v) is 5.21. The van der Waals surface area contributed by atoms with Gasteiger partial charge >= 0.3 is 5.97 Å². The Bertz CT molecular complexity index is 303. The molecule has 4 heteroatoms. The van der Waals surface area contributed by atoms with Crippen molar-refractivity contribution in [1.82, 2.24) is 0 Å². The van der Waals surface area contributed by atoms with E-state index >= 15 is 0 Å². The molecule has 0 aliphatic carbocycles. The second-order valence-corrected chi connectivity index (χ2v) is 3.33. The van der Waals surface area contributed by atoms with E-state index in [0.717, 1.165) is 12.0 Å². The molecule has 0 aliphatic rings. The summed E-state index contributed by atoms with van der Waals surface area (Å²) in [5.74, 6) is -0.355. The maximum absolute atomic E-state index is 11.7. The van der Waals surface area contributed by atoms with Crippen molar-refractivity contribution in [3.8, 4) is 0 Å². The van der Waals surface area contributed by atoms with Crippen molar-refractivity contribution in [2.75, 3.05) is 13.2 Å². The molecule has 1 unspecified atom stereocenters. The van der Waals surface area contributed by atoms with Gasteiger partial charge in [-0.3, -0.25) is 4.79 Å². The third-order valence-corrected chi connectivity index (χ3v) is 2.26. The highest BCUT2D eigenvalue weighted by Gasteiger charge is 2.19. The molecule has 0 heterocycles. The van der Waals surface area contributed by atoms with Crippen LogP contribution in [0.4, 0.5) is 0 Å². The Morgan fingerprint density at radius 2 is 2.00 bits per heavy atom. The first kappa shape index (κ1) is 14.9. The first-order valence-electron chi connectivity index (χ1n) is 5.21. The summed E-state index contributed by atoms with van der Waals surface area (Å²) in [6.07, 6.45) is 0.743. The van der Waals surface area contributed by atoms with Gasteiger partial charge in [0.05, 0.1) is 5.92 Å². The predicted molar refractivity (Wildman–Crippen MR) is 66.7 cm³/mol. The molecule has 0 aromatic heterocycles. The highest BCUT2D eigenvalue weighted by atomic mass is 35.5. The largest absolute Gasteiger partial charge is 0.464 e. The van der Waals surface area contributed by atoms with Crippen molar-refractivity contribution in [1.29, 1.82) is 0 Å². The summed E-state index contributed by atoms with van der Waals surface area (Å²) in [7, 11) is 0. The molecule has 90 valence electrons. The molecule has 0 spiro atoms. The molecule has 0 bridgehead atoms. The third-order valence-electron chi connectivity index (χ3n) is 2.26. The fourth-order valence-electron chi connectivity index (χ4n) is 1.48. The minimum Gasteiger partial charge on any atom is -0.464 e. The molecule has 0 fully saturated rings. The van der Waals surface area contributed by atoms with Gasteiger partial charge in [0.2, 0.25) is 0 Å². The minimum absolute atomic E-state index is 0. The predicted octanol–water partition coefficient (Wildman–Crippen LogP) is 2.10. The van der Waals surface area contributed by atoms with Gasteiger partial charge in [0, 0.05) is 6.54 Å². The van der Waals surface area contributed by atoms with E-state index in [4.69, 9.17) is 10.5 Å². The summed E-state index contributed by atoms with van der Waals surface area (Å²) in [6.45, 7) is 2.64. The van der Waals surface area contributed by atoms with E-state index in [0.29, 0.717) is 13.2 Å². The molecule has 16 heavy (non-hydrogen) atoms. The van der Waals surface area contributed by atoms with Crippen molar-refractivity contribution in [3.63, 3.8) is 0 Å². The Morgan fingerprint density at radius 1 is 1.38 bits per heavy atom. The molecule has 1 atom stereocenters. The number of hydrogen-bond acceptors (Lipinski definition) is 3. The number of hydrogen-bond donors (Lipinski definition) is 1. The molecular formula is C12H18ClNO2. The van der Waals surface area contributed by atoms with E-state index in [1.165, 1.54) is 0 Å². The van der Waals surface area contributed by atoms with Crippen LogP contribution in [0.3, 0.4) is 0 Å². The van der Waals surface area contributed by atoms with E-state index < -0.39 is 0 Å². The monoisotopic (exact) mass is 243 g/mol. The lowest BCUT2D eigenvalue weighted by Crippen LogP contribution is -2.19. The van der Waals surface area contributed by atoms with Gasteiger partial charge in [0.25, 0.3) is 0 Å². The molecule has 2 N–H and O–H groups in total. The van der Waals surface area contributed by atoms with Gasteiger partial charge in [-0.05, 0) is 12.0 Å². The van der Waals surface area contributed by atoms with Gasteiger partial charge < -0.3 is 10.5 Å². The standard InChI is InChI=1S/C12H17NO2.ClH/c1-2-11(12(14)15-9-8-13)10-6-4-3-5-7-10;/h3-7,11H,2,8-9,13H2,1H3;1H. The van der Waals surface area contributed by atoms with Crippen LogP contribution in [0.15, 0.2) is 30.3 Å². The number of esters is 1. The van der Waals surface area contributed by atoms with E-state index in [1.54, 1.807) is 0 Å². The van der Waals surface area contributed by atoms with Crippen LogP contribution in [0.2, 0.25) is 0 Å². The van der Waals surface area contributed by atoms with Crippen LogP contribution in [0.5, 0.6) is 0 Å². The van der Waals surface area contributed by atoms with E-state index in [2.05, 4.69) is 0 Å². The van der Waals surface area contributed by atoms with Crippen molar-refractivity contribution in [2.24, 2.45) is 5.73 Å². The highest BCUT2D eigenvalue weighted by molar-refractivity contribution is 5.85. The molecule has 0 amide bonds. The molecule has 1 aromatic carbocycles. The maximum Gasteiger partial charge on any atom is 0.313 e. The molecular weight excluding hydrogens is 226 g/mol. The normalized spacial score (nSPS) is 11.4. The molecule has 1 aromatic rings. The van der Waals surface area contributed by atoms with Crippen LogP contribution >= 0.6 is 12.4 Å². The Balaban J connectivity index is 0.00000225. The van der Waals surface area contributed by atoms with Gasteiger partial charge in [-0.25, -0.2) is 0 Å². The van der Waals surface area contributed by atoms with Crippen LogP contribution in [0.25, 0.3) is 0 Å². The average molecular weight is 244 g/mol. The number of rotatable bonds is 5. The van der Waals surface area contributed by atoms with Crippen molar-refractivity contribution in [2.45, 2.75) is 19.3 Å². The van der Waals surface area contributed by atoms with Crippen LogP contribution in [0.1, 0.15) is 24.8 Å². The molecule has 0 saturated heterocycles. The van der Waals surface area contributed by atoms with Gasteiger partial charge in [-0.2, -0.15) is 0 Å². The Labute approximate surface area is 102 Å². The van der Waals surface area contributed by atoms with E-state index in [9.17, 15) is 4.79 Å². The maximum atomic E-state index is 11.7. The third kappa shape index (κ3) is 4.21. The zero-order valence-corrected chi connectivity index (χ0v) is 10.2. The van der Waals surface area contributed by atoms with Gasteiger partial charge in [0.15, 0.2) is 0 Å². The van der Waals surface area contributed by atoms with Crippen molar-refractivity contribution < 1.29 is 9.53 Å². The first-order chi connectivity index (χ1) is 7.29. The van der Waals surface area contributed by atoms with Crippen LogP contribution < -0.4 is 5.73 Å². The van der Waals surface area contributed by atoms with Crippen LogP contribution in [0, 0.1) is 0 Å². The lowest BCUT2D eigenvalue weighted by molar-refractivity contribution is -0.145. The van der Waals surface area contributed by atoms with E-state index in [1.807, 2.05) is 37.3 Å². The summed E-state index contributed by atoms with van der Waals surface area (Å²) < 4.78 is 5.03. The van der Waals surface area contributed by atoms with Crippen molar-refractivity contribution >= 4 is 18.4 Å². The topological polar surface area (TPSA) is 52.3 Å². The Kier molecular flexibility index (Phi) is 7.60. The number of benzene rings is 1. The summed E-state index contributed by atoms with van der Waals surface area (Å²) in [5.41, 5.74) is 6.28. The lowest BCUT2D eigenvalue weighted by atomic mass is 9.97. The zero-order valence-electron chi connectivity index (χ0n) is 9.39. The number of ether oxygens (including phenoxy) is 1. The van der Waals surface area contributed by atoms with E-state index in [-0.39, 0.29) is 24.3 Å². The summed E-state index contributed by atoms with van der Waals surface area (Å²) >= 11 is 0. The quantitative estimate of drug-likeness (QED) is 0.806. The summed E-state index contributed by atoms with van der Waals surface area (Å²) in [6, 6.07) is 9.67. The van der Waals surface area contributed by atoms with Crippen molar-refractivity contribution in [3.05, 3.63) is 35.9 Å². The smallest absolute Gasteiger partial charge is 0.313 e. The lowest BCUT2D eigenvalue weighted by Gasteiger charge is -2.13. The number of halogens is 1.